The van der Waals surface area contributed by atoms with Crippen molar-refractivity contribution >= 4 is 0 Å². The van der Waals surface area contributed by atoms with Crippen LogP contribution in [0.25, 0.3) is 0 Å². The van der Waals surface area contributed by atoms with E-state index in [-0.39, 0.29) is 6.10 Å². The maximum absolute atomic E-state index is 5.70. The Hall–Kier alpha value is -0.160. The van der Waals surface area contributed by atoms with Gasteiger partial charge in [-0.3, -0.25) is 4.90 Å². The molecule has 4 heteroatoms. The van der Waals surface area contributed by atoms with E-state index in [9.17, 15) is 0 Å². The fourth-order valence-corrected chi connectivity index (χ4v) is 2.66. The molecule has 2 aliphatic rings. The Morgan fingerprint density at radius 3 is 2.88 bits per heavy atom. The molecule has 4 nitrogen and oxygen atoms in total. The number of nitrogens with one attached hydrogen (secondary N) is 1. The zero-order valence-electron chi connectivity index (χ0n) is 10.4. The van der Waals surface area contributed by atoms with Crippen molar-refractivity contribution in [3.8, 4) is 0 Å². The van der Waals surface area contributed by atoms with Crippen molar-refractivity contribution in [2.75, 3.05) is 40.0 Å². The van der Waals surface area contributed by atoms with E-state index in [4.69, 9.17) is 9.47 Å². The Bertz CT molecular complexity index is 207. The third-order valence-corrected chi connectivity index (χ3v) is 3.75. The van der Waals surface area contributed by atoms with Gasteiger partial charge in [0.05, 0.1) is 25.9 Å². The van der Waals surface area contributed by atoms with Gasteiger partial charge in [-0.25, -0.2) is 0 Å². The Morgan fingerprint density at radius 1 is 1.38 bits per heavy atom. The monoisotopic (exact) mass is 228 g/mol. The maximum atomic E-state index is 5.70. The van der Waals surface area contributed by atoms with Gasteiger partial charge in [-0.1, -0.05) is 0 Å². The highest BCUT2D eigenvalue weighted by atomic mass is 16.6. The molecule has 0 amide bonds. The third kappa shape index (κ3) is 3.17. The molecule has 0 aliphatic carbocycles. The lowest BCUT2D eigenvalue weighted by molar-refractivity contribution is -0.102. The SMILES string of the molecule is CNC1CCN(CC2COCCO2)C(C)C1. The molecule has 1 N–H and O–H groups in total. The molecule has 0 spiro atoms. The Balaban J connectivity index is 1.76. The number of piperidine rings is 1. The normalized spacial score (nSPS) is 37.5. The van der Waals surface area contributed by atoms with Crippen LogP contribution in [0.3, 0.4) is 0 Å². The number of ether oxygens (including phenoxy) is 2. The van der Waals surface area contributed by atoms with Crippen molar-refractivity contribution in [1.29, 1.82) is 0 Å². The zero-order valence-corrected chi connectivity index (χ0v) is 10.4. The number of hydrogen-bond donors (Lipinski definition) is 1. The van der Waals surface area contributed by atoms with Gasteiger partial charge in [-0.2, -0.15) is 0 Å². The number of nitrogens with zero attached hydrogens (tertiary/aromatic N) is 1. The minimum Gasteiger partial charge on any atom is -0.376 e. The molecule has 0 aromatic carbocycles. The fraction of sp³-hybridized carbons (Fsp3) is 1.00. The Labute approximate surface area is 98.3 Å². The molecular formula is C12H24N2O2. The van der Waals surface area contributed by atoms with Gasteiger partial charge < -0.3 is 14.8 Å². The molecule has 94 valence electrons. The summed E-state index contributed by atoms with van der Waals surface area (Å²) >= 11 is 0. The van der Waals surface area contributed by atoms with Crippen LogP contribution < -0.4 is 5.32 Å². The van der Waals surface area contributed by atoms with E-state index in [0.29, 0.717) is 12.1 Å². The molecule has 0 aromatic heterocycles. The predicted octanol–water partition coefficient (Wildman–Crippen LogP) is 0.474. The highest BCUT2D eigenvalue weighted by Crippen LogP contribution is 2.18. The van der Waals surface area contributed by atoms with Gasteiger partial charge in [0.25, 0.3) is 0 Å². The van der Waals surface area contributed by atoms with Gasteiger partial charge in [-0.05, 0) is 26.8 Å². The van der Waals surface area contributed by atoms with E-state index >= 15 is 0 Å². The first kappa shape index (κ1) is 12.3. The fourth-order valence-electron chi connectivity index (χ4n) is 2.66. The lowest BCUT2D eigenvalue weighted by Gasteiger charge is -2.39. The molecule has 0 aromatic rings. The second-order valence-corrected chi connectivity index (χ2v) is 4.92. The molecule has 2 aliphatic heterocycles. The van der Waals surface area contributed by atoms with E-state index in [1.54, 1.807) is 0 Å². The molecule has 16 heavy (non-hydrogen) atoms. The minimum absolute atomic E-state index is 0.280. The van der Waals surface area contributed by atoms with Gasteiger partial charge >= 0.3 is 0 Å². The van der Waals surface area contributed by atoms with Gasteiger partial charge in [-0.15, -0.1) is 0 Å². The number of rotatable bonds is 3. The molecule has 2 saturated heterocycles. The van der Waals surface area contributed by atoms with Crippen LogP contribution in [0.2, 0.25) is 0 Å². The standard InChI is InChI=1S/C12H24N2O2/c1-10-7-11(13-2)3-4-14(10)8-12-9-15-5-6-16-12/h10-13H,3-9H2,1-2H3. The summed E-state index contributed by atoms with van der Waals surface area (Å²) in [6.45, 7) is 6.79. The summed E-state index contributed by atoms with van der Waals surface area (Å²) in [5, 5.41) is 3.38. The average Bonchev–Trinajstić information content (AvgIpc) is 2.33. The lowest BCUT2D eigenvalue weighted by Crippen LogP contribution is -2.50. The first-order valence-corrected chi connectivity index (χ1v) is 6.40. The highest BCUT2D eigenvalue weighted by molar-refractivity contribution is 4.83. The summed E-state index contributed by atoms with van der Waals surface area (Å²) in [4.78, 5) is 2.53. The summed E-state index contributed by atoms with van der Waals surface area (Å²) in [6, 6.07) is 1.34. The number of hydrogen-bond acceptors (Lipinski definition) is 4. The third-order valence-electron chi connectivity index (χ3n) is 3.75. The second-order valence-electron chi connectivity index (χ2n) is 4.92. The first-order chi connectivity index (χ1) is 7.79. The zero-order chi connectivity index (χ0) is 11.4. The Kier molecular flexibility index (Phi) is 4.58. The van der Waals surface area contributed by atoms with Crippen molar-refractivity contribution < 1.29 is 9.47 Å². The predicted molar refractivity (Wildman–Crippen MR) is 63.7 cm³/mol. The minimum atomic E-state index is 0.280. The molecule has 2 rings (SSSR count). The molecule has 0 saturated carbocycles. The highest BCUT2D eigenvalue weighted by Gasteiger charge is 2.27. The molecule has 0 radical (unpaired) electrons. The van der Waals surface area contributed by atoms with Gasteiger partial charge in [0.2, 0.25) is 0 Å². The van der Waals surface area contributed by atoms with Crippen LogP contribution in [0, 0.1) is 0 Å². The van der Waals surface area contributed by atoms with E-state index in [2.05, 4.69) is 24.2 Å². The van der Waals surface area contributed by atoms with Crippen LogP contribution in [0.5, 0.6) is 0 Å². The molecule has 2 heterocycles. The molecular weight excluding hydrogens is 204 g/mol. The van der Waals surface area contributed by atoms with Gasteiger partial charge in [0.1, 0.15) is 0 Å². The number of likely N-dealkylation sites (tertiary alicyclic amines) is 1. The Morgan fingerprint density at radius 2 is 2.25 bits per heavy atom. The van der Waals surface area contributed by atoms with Crippen LogP contribution in [-0.4, -0.2) is 63.0 Å². The quantitative estimate of drug-likeness (QED) is 0.761. The molecule has 2 fully saturated rings. The van der Waals surface area contributed by atoms with Crippen LogP contribution in [0.4, 0.5) is 0 Å². The molecule has 3 unspecified atom stereocenters. The average molecular weight is 228 g/mol. The summed E-state index contributed by atoms with van der Waals surface area (Å²) in [5.74, 6) is 0. The van der Waals surface area contributed by atoms with Crippen molar-refractivity contribution in [3.63, 3.8) is 0 Å². The van der Waals surface area contributed by atoms with Gasteiger partial charge in [0.15, 0.2) is 0 Å². The van der Waals surface area contributed by atoms with Crippen LogP contribution >= 0.6 is 0 Å². The lowest BCUT2D eigenvalue weighted by atomic mass is 9.98. The first-order valence-electron chi connectivity index (χ1n) is 6.40. The summed E-state index contributed by atoms with van der Waals surface area (Å²) < 4.78 is 11.1. The van der Waals surface area contributed by atoms with Crippen LogP contribution in [0.1, 0.15) is 19.8 Å². The van der Waals surface area contributed by atoms with E-state index < -0.39 is 0 Å². The second kappa shape index (κ2) is 5.96. The van der Waals surface area contributed by atoms with E-state index in [0.717, 1.165) is 26.4 Å². The summed E-state index contributed by atoms with van der Waals surface area (Å²) in [6.07, 6.45) is 2.76. The van der Waals surface area contributed by atoms with Crippen LogP contribution in [0.15, 0.2) is 0 Å². The topological polar surface area (TPSA) is 33.7 Å². The summed E-state index contributed by atoms with van der Waals surface area (Å²) in [7, 11) is 2.06. The molecule has 0 bridgehead atoms. The van der Waals surface area contributed by atoms with Gasteiger partial charge in [0, 0.05) is 25.2 Å². The van der Waals surface area contributed by atoms with Crippen LogP contribution in [-0.2, 0) is 9.47 Å². The smallest absolute Gasteiger partial charge is 0.0936 e. The molecule has 3 atom stereocenters. The van der Waals surface area contributed by atoms with E-state index in [1.807, 2.05) is 0 Å². The maximum Gasteiger partial charge on any atom is 0.0936 e. The van der Waals surface area contributed by atoms with Crippen molar-refractivity contribution in [2.24, 2.45) is 0 Å². The van der Waals surface area contributed by atoms with Crippen molar-refractivity contribution in [3.05, 3.63) is 0 Å². The van der Waals surface area contributed by atoms with E-state index in [1.165, 1.54) is 19.4 Å². The largest absolute Gasteiger partial charge is 0.376 e. The van der Waals surface area contributed by atoms with Crippen molar-refractivity contribution in [1.82, 2.24) is 10.2 Å². The summed E-state index contributed by atoms with van der Waals surface area (Å²) in [5.41, 5.74) is 0. The van der Waals surface area contributed by atoms with Crippen molar-refractivity contribution in [2.45, 2.75) is 38.0 Å².